The predicted molar refractivity (Wildman–Crippen MR) is 58.8 cm³/mol. The number of H-pyrrole nitrogens is 1. The Kier molecular flexibility index (Phi) is 2.19. The number of alkyl halides is 3. The highest BCUT2D eigenvalue weighted by Crippen LogP contribution is 2.32. The molecule has 1 aromatic carbocycles. The molecular formula is C12H7F3N2O. The van der Waals surface area contributed by atoms with E-state index in [2.05, 4.69) is 9.97 Å². The van der Waals surface area contributed by atoms with Crippen molar-refractivity contribution in [2.45, 2.75) is 6.18 Å². The summed E-state index contributed by atoms with van der Waals surface area (Å²) in [5.74, 6) is -0.516. The molecule has 2 heterocycles. The van der Waals surface area contributed by atoms with Gasteiger partial charge in [-0.1, -0.05) is 6.07 Å². The molecule has 0 spiro atoms. The number of hydrogen-bond acceptors (Lipinski definition) is 2. The molecule has 0 aliphatic heterocycles. The van der Waals surface area contributed by atoms with E-state index in [9.17, 15) is 13.2 Å². The quantitative estimate of drug-likeness (QED) is 0.714. The number of aromatic nitrogens is 2. The van der Waals surface area contributed by atoms with Gasteiger partial charge in [0, 0.05) is 5.56 Å². The van der Waals surface area contributed by atoms with Crippen LogP contribution >= 0.6 is 0 Å². The maximum atomic E-state index is 12.6. The fraction of sp³-hybridized carbons (Fsp3) is 0.0833. The number of nitrogens with zero attached hydrogens (tertiary/aromatic N) is 1. The second-order valence-corrected chi connectivity index (χ2v) is 3.76. The van der Waals surface area contributed by atoms with Crippen LogP contribution in [0.25, 0.3) is 22.4 Å². The summed E-state index contributed by atoms with van der Waals surface area (Å²) in [5.41, 5.74) is 1.11. The highest BCUT2D eigenvalue weighted by molar-refractivity contribution is 5.90. The Balaban J connectivity index is 2.25. The molecule has 0 radical (unpaired) electrons. The van der Waals surface area contributed by atoms with E-state index in [1.165, 1.54) is 6.26 Å². The molecule has 0 saturated carbocycles. The molecule has 0 fully saturated rings. The minimum atomic E-state index is -4.49. The summed E-state index contributed by atoms with van der Waals surface area (Å²) in [4.78, 5) is 5.86. The number of para-hydroxylation sites is 1. The van der Waals surface area contributed by atoms with Gasteiger partial charge in [-0.05, 0) is 24.3 Å². The molecule has 1 N–H and O–H groups in total. The van der Waals surface area contributed by atoms with Gasteiger partial charge in [-0.2, -0.15) is 13.2 Å². The van der Waals surface area contributed by atoms with Gasteiger partial charge in [0.15, 0.2) is 0 Å². The number of imidazole rings is 1. The summed E-state index contributed by atoms with van der Waals surface area (Å²) < 4.78 is 42.9. The number of fused-ring (bicyclic) bond motifs is 1. The van der Waals surface area contributed by atoms with Crippen molar-refractivity contribution < 1.29 is 17.6 Å². The molecular weight excluding hydrogens is 245 g/mol. The second-order valence-electron chi connectivity index (χ2n) is 3.76. The maximum Gasteiger partial charge on any atom is 0.449 e. The van der Waals surface area contributed by atoms with Crippen molar-refractivity contribution in [1.82, 2.24) is 9.97 Å². The zero-order valence-electron chi connectivity index (χ0n) is 8.95. The van der Waals surface area contributed by atoms with E-state index >= 15 is 0 Å². The van der Waals surface area contributed by atoms with Crippen LogP contribution in [0, 0.1) is 0 Å². The molecule has 18 heavy (non-hydrogen) atoms. The Labute approximate surface area is 99.3 Å². The number of benzene rings is 1. The van der Waals surface area contributed by atoms with Gasteiger partial charge in [0.2, 0.25) is 5.82 Å². The Morgan fingerprint density at radius 3 is 2.61 bits per heavy atom. The standard InChI is InChI=1S/C12H7F3N2O/c13-12(14,15)11-16-8-4-1-3-7(10(8)17-11)9-5-2-6-18-9/h1-6H,(H,16,17). The van der Waals surface area contributed by atoms with Crippen molar-refractivity contribution in [2.75, 3.05) is 0 Å². The molecule has 0 amide bonds. The average Bonchev–Trinajstić information content (AvgIpc) is 2.96. The minimum absolute atomic E-state index is 0.250. The minimum Gasteiger partial charge on any atom is -0.464 e. The first-order valence-corrected chi connectivity index (χ1v) is 5.15. The van der Waals surface area contributed by atoms with E-state index in [1.54, 1.807) is 30.3 Å². The molecule has 0 aliphatic rings. The van der Waals surface area contributed by atoms with E-state index in [4.69, 9.17) is 4.42 Å². The fourth-order valence-corrected chi connectivity index (χ4v) is 1.80. The summed E-state index contributed by atoms with van der Waals surface area (Å²) in [5, 5.41) is 0. The van der Waals surface area contributed by atoms with E-state index in [0.29, 0.717) is 16.8 Å². The molecule has 0 bridgehead atoms. The van der Waals surface area contributed by atoms with Crippen LogP contribution in [-0.2, 0) is 6.18 Å². The topological polar surface area (TPSA) is 41.8 Å². The van der Waals surface area contributed by atoms with Crippen molar-refractivity contribution in [3.05, 3.63) is 42.4 Å². The smallest absolute Gasteiger partial charge is 0.449 e. The lowest BCUT2D eigenvalue weighted by Crippen LogP contribution is -2.06. The number of hydrogen-bond donors (Lipinski definition) is 1. The Bertz CT molecular complexity index is 683. The summed E-state index contributed by atoms with van der Waals surface area (Å²) >= 11 is 0. The van der Waals surface area contributed by atoms with Crippen LogP contribution in [0.2, 0.25) is 0 Å². The van der Waals surface area contributed by atoms with Gasteiger partial charge in [-0.3, -0.25) is 0 Å². The normalized spacial score (nSPS) is 12.2. The largest absolute Gasteiger partial charge is 0.464 e. The highest BCUT2D eigenvalue weighted by Gasteiger charge is 2.35. The first kappa shape index (κ1) is 10.9. The lowest BCUT2D eigenvalue weighted by molar-refractivity contribution is -0.144. The van der Waals surface area contributed by atoms with Crippen molar-refractivity contribution in [3.63, 3.8) is 0 Å². The fourth-order valence-electron chi connectivity index (χ4n) is 1.80. The van der Waals surface area contributed by atoms with Gasteiger partial charge in [0.1, 0.15) is 5.76 Å². The average molecular weight is 252 g/mol. The van der Waals surface area contributed by atoms with Gasteiger partial charge in [-0.15, -0.1) is 0 Å². The van der Waals surface area contributed by atoms with Gasteiger partial charge in [0.25, 0.3) is 0 Å². The molecule has 0 unspecified atom stereocenters. The summed E-state index contributed by atoms with van der Waals surface area (Å²) in [6, 6.07) is 8.22. The number of halogens is 3. The second kappa shape index (κ2) is 3.63. The van der Waals surface area contributed by atoms with Crippen LogP contribution in [-0.4, -0.2) is 9.97 Å². The molecule has 3 nitrogen and oxygen atoms in total. The number of furan rings is 1. The zero-order chi connectivity index (χ0) is 12.8. The van der Waals surface area contributed by atoms with Gasteiger partial charge >= 0.3 is 6.18 Å². The SMILES string of the molecule is FC(F)(F)c1nc2c(-c3ccco3)cccc2[nH]1. The summed E-state index contributed by atoms with van der Waals surface area (Å²) in [7, 11) is 0. The van der Waals surface area contributed by atoms with Crippen molar-refractivity contribution >= 4 is 11.0 Å². The molecule has 0 aliphatic carbocycles. The number of aromatic amines is 1. The Hall–Kier alpha value is -2.24. The van der Waals surface area contributed by atoms with E-state index in [0.717, 1.165) is 0 Å². The summed E-state index contributed by atoms with van der Waals surface area (Å²) in [6.07, 6.45) is -3.02. The predicted octanol–water partition coefficient (Wildman–Crippen LogP) is 3.84. The third-order valence-corrected chi connectivity index (χ3v) is 2.57. The molecule has 0 saturated heterocycles. The van der Waals surface area contributed by atoms with Crippen molar-refractivity contribution in [1.29, 1.82) is 0 Å². The first-order valence-electron chi connectivity index (χ1n) is 5.15. The Morgan fingerprint density at radius 1 is 1.11 bits per heavy atom. The first-order chi connectivity index (χ1) is 8.55. The lowest BCUT2D eigenvalue weighted by Gasteiger charge is -1.99. The third kappa shape index (κ3) is 1.66. The zero-order valence-corrected chi connectivity index (χ0v) is 8.95. The van der Waals surface area contributed by atoms with Crippen LogP contribution in [0.4, 0.5) is 13.2 Å². The van der Waals surface area contributed by atoms with Crippen LogP contribution in [0.15, 0.2) is 41.0 Å². The highest BCUT2D eigenvalue weighted by atomic mass is 19.4. The van der Waals surface area contributed by atoms with Gasteiger partial charge in [-0.25, -0.2) is 4.98 Å². The third-order valence-electron chi connectivity index (χ3n) is 2.57. The van der Waals surface area contributed by atoms with Gasteiger partial charge in [0.05, 0.1) is 17.3 Å². The number of rotatable bonds is 1. The molecule has 92 valence electrons. The molecule has 0 atom stereocenters. The van der Waals surface area contributed by atoms with Crippen LogP contribution in [0.3, 0.4) is 0 Å². The van der Waals surface area contributed by atoms with E-state index < -0.39 is 12.0 Å². The molecule has 6 heteroatoms. The van der Waals surface area contributed by atoms with Crippen LogP contribution in [0.1, 0.15) is 5.82 Å². The lowest BCUT2D eigenvalue weighted by atomic mass is 10.1. The Morgan fingerprint density at radius 2 is 1.94 bits per heavy atom. The van der Waals surface area contributed by atoms with Crippen molar-refractivity contribution in [2.24, 2.45) is 0 Å². The number of nitrogens with one attached hydrogen (secondary N) is 1. The van der Waals surface area contributed by atoms with E-state index in [-0.39, 0.29) is 5.52 Å². The molecule has 3 rings (SSSR count). The van der Waals surface area contributed by atoms with Crippen molar-refractivity contribution in [3.8, 4) is 11.3 Å². The molecule has 3 aromatic rings. The van der Waals surface area contributed by atoms with E-state index in [1.807, 2.05) is 0 Å². The monoisotopic (exact) mass is 252 g/mol. The van der Waals surface area contributed by atoms with Crippen LogP contribution < -0.4 is 0 Å². The van der Waals surface area contributed by atoms with Gasteiger partial charge < -0.3 is 9.40 Å². The maximum absolute atomic E-state index is 12.6. The molecule has 2 aromatic heterocycles. The van der Waals surface area contributed by atoms with Crippen LogP contribution in [0.5, 0.6) is 0 Å². The summed E-state index contributed by atoms with van der Waals surface area (Å²) in [6.45, 7) is 0.